The predicted octanol–water partition coefficient (Wildman–Crippen LogP) is 5.20. The van der Waals surface area contributed by atoms with E-state index in [2.05, 4.69) is 23.5 Å². The first-order valence-corrected chi connectivity index (χ1v) is 10.8. The Balaban J connectivity index is 1.59. The fourth-order valence-corrected chi connectivity index (χ4v) is 4.12. The number of nitrogens with zero attached hydrogens (tertiary/aromatic N) is 1. The summed E-state index contributed by atoms with van der Waals surface area (Å²) in [6.07, 6.45) is 0.612. The van der Waals surface area contributed by atoms with Crippen LogP contribution >= 0.6 is 11.6 Å². The highest BCUT2D eigenvalue weighted by molar-refractivity contribution is 6.30. The van der Waals surface area contributed by atoms with Crippen molar-refractivity contribution in [1.29, 1.82) is 5.26 Å². The summed E-state index contributed by atoms with van der Waals surface area (Å²) in [5.41, 5.74) is 3.28. The van der Waals surface area contributed by atoms with E-state index in [4.69, 9.17) is 26.3 Å². The summed E-state index contributed by atoms with van der Waals surface area (Å²) in [4.78, 5) is 0. The van der Waals surface area contributed by atoms with Crippen LogP contribution in [-0.4, -0.2) is 19.2 Å². The highest BCUT2D eigenvalue weighted by Crippen LogP contribution is 2.38. The molecule has 5 heteroatoms. The Kier molecular flexibility index (Phi) is 7.01. The lowest BCUT2D eigenvalue weighted by Crippen LogP contribution is -2.54. The van der Waals surface area contributed by atoms with Gasteiger partial charge in [0.1, 0.15) is 11.7 Å². The number of nitrogens with one attached hydrogen (secondary N) is 1. The van der Waals surface area contributed by atoms with Gasteiger partial charge in [-0.15, -0.1) is 0 Å². The molecule has 0 radical (unpaired) electrons. The second kappa shape index (κ2) is 10.1. The van der Waals surface area contributed by atoms with E-state index in [1.807, 2.05) is 66.7 Å². The molecule has 1 aliphatic heterocycles. The number of hydrogen-bond donors (Lipinski definition) is 1. The van der Waals surface area contributed by atoms with Crippen molar-refractivity contribution < 1.29 is 9.47 Å². The lowest BCUT2D eigenvalue weighted by molar-refractivity contribution is -0.176. The Bertz CT molecular complexity index is 1020. The SMILES string of the molecule is N#Cc1ccc(CO[C@H]2CNCC[C@@]2(OCc2ccccc2)c2ccc(Cl)cc2)cc1. The van der Waals surface area contributed by atoms with Crippen molar-refractivity contribution in [3.8, 4) is 6.07 Å². The first-order chi connectivity index (χ1) is 15.2. The Hall–Kier alpha value is -2.68. The van der Waals surface area contributed by atoms with Crippen LogP contribution in [0.4, 0.5) is 0 Å². The summed E-state index contributed by atoms with van der Waals surface area (Å²) in [6, 6.07) is 27.7. The predicted molar refractivity (Wildman–Crippen MR) is 122 cm³/mol. The van der Waals surface area contributed by atoms with Gasteiger partial charge in [0.05, 0.1) is 24.8 Å². The minimum Gasteiger partial charge on any atom is -0.369 e. The molecule has 1 saturated heterocycles. The molecular formula is C26H25ClN2O2. The minimum absolute atomic E-state index is 0.179. The number of piperidine rings is 1. The number of ether oxygens (including phenoxy) is 2. The van der Waals surface area contributed by atoms with E-state index >= 15 is 0 Å². The molecule has 1 fully saturated rings. The summed E-state index contributed by atoms with van der Waals surface area (Å²) < 4.78 is 13.1. The number of halogens is 1. The van der Waals surface area contributed by atoms with E-state index in [0.717, 1.165) is 29.7 Å². The molecule has 3 aromatic carbocycles. The van der Waals surface area contributed by atoms with Crippen molar-refractivity contribution in [2.75, 3.05) is 13.1 Å². The molecule has 3 aromatic rings. The Morgan fingerprint density at radius 2 is 1.65 bits per heavy atom. The van der Waals surface area contributed by atoms with Gasteiger partial charge in [-0.2, -0.15) is 5.26 Å². The van der Waals surface area contributed by atoms with Gasteiger partial charge < -0.3 is 14.8 Å². The van der Waals surface area contributed by atoms with E-state index in [1.165, 1.54) is 0 Å². The van der Waals surface area contributed by atoms with Crippen molar-refractivity contribution >= 4 is 11.6 Å². The summed E-state index contributed by atoms with van der Waals surface area (Å²) >= 11 is 6.16. The maximum atomic E-state index is 9.01. The van der Waals surface area contributed by atoms with Crippen LogP contribution in [0, 0.1) is 11.3 Å². The maximum absolute atomic E-state index is 9.01. The Morgan fingerprint density at radius 3 is 2.35 bits per heavy atom. The molecule has 0 bridgehead atoms. The molecule has 0 aliphatic carbocycles. The van der Waals surface area contributed by atoms with Gasteiger partial charge in [0.25, 0.3) is 0 Å². The fourth-order valence-electron chi connectivity index (χ4n) is 4.00. The number of nitriles is 1. The van der Waals surface area contributed by atoms with Gasteiger partial charge in [-0.1, -0.05) is 66.2 Å². The average molecular weight is 433 g/mol. The van der Waals surface area contributed by atoms with Crippen molar-refractivity contribution in [3.63, 3.8) is 0 Å². The van der Waals surface area contributed by atoms with Crippen molar-refractivity contribution in [1.82, 2.24) is 5.32 Å². The molecule has 0 amide bonds. The van der Waals surface area contributed by atoms with Gasteiger partial charge in [-0.3, -0.25) is 0 Å². The van der Waals surface area contributed by atoms with E-state index in [0.29, 0.717) is 30.3 Å². The van der Waals surface area contributed by atoms with Crippen LogP contribution in [0.15, 0.2) is 78.9 Å². The van der Waals surface area contributed by atoms with Gasteiger partial charge in [0, 0.05) is 11.6 Å². The van der Waals surface area contributed by atoms with E-state index < -0.39 is 5.60 Å². The Labute approximate surface area is 188 Å². The normalized spacial score (nSPS) is 20.8. The van der Waals surface area contributed by atoms with Gasteiger partial charge >= 0.3 is 0 Å². The maximum Gasteiger partial charge on any atom is 0.122 e. The zero-order valence-electron chi connectivity index (χ0n) is 17.3. The smallest absolute Gasteiger partial charge is 0.122 e. The van der Waals surface area contributed by atoms with Gasteiger partial charge in [-0.25, -0.2) is 0 Å². The molecule has 2 atom stereocenters. The fraction of sp³-hybridized carbons (Fsp3) is 0.269. The zero-order chi connectivity index (χ0) is 21.5. The topological polar surface area (TPSA) is 54.3 Å². The summed E-state index contributed by atoms with van der Waals surface area (Å²) in [6.45, 7) is 2.48. The largest absolute Gasteiger partial charge is 0.369 e. The molecule has 0 spiro atoms. The highest BCUT2D eigenvalue weighted by atomic mass is 35.5. The number of rotatable bonds is 7. The lowest BCUT2D eigenvalue weighted by Gasteiger charge is -2.44. The van der Waals surface area contributed by atoms with Crippen molar-refractivity contribution in [2.45, 2.75) is 31.3 Å². The molecule has 0 unspecified atom stereocenters. The summed E-state index contributed by atoms with van der Waals surface area (Å²) in [7, 11) is 0. The highest BCUT2D eigenvalue weighted by Gasteiger charge is 2.44. The molecule has 31 heavy (non-hydrogen) atoms. The standard InChI is InChI=1S/C26H25ClN2O2/c27-24-12-10-23(11-13-24)26(31-19-21-4-2-1-3-5-21)14-15-29-17-25(26)30-18-22-8-6-20(16-28)7-9-22/h1-13,25,29H,14-15,17-19H2/t25-,26+/m0/s1. The van der Waals surface area contributed by atoms with Gasteiger partial charge in [0.15, 0.2) is 0 Å². The van der Waals surface area contributed by atoms with Crippen LogP contribution in [0.1, 0.15) is 28.7 Å². The Morgan fingerprint density at radius 1 is 0.935 bits per heavy atom. The van der Waals surface area contributed by atoms with E-state index in [1.54, 1.807) is 0 Å². The van der Waals surface area contributed by atoms with Crippen LogP contribution in [0.25, 0.3) is 0 Å². The molecule has 0 aromatic heterocycles. The number of benzene rings is 3. The third-order valence-corrected chi connectivity index (χ3v) is 5.98. The van der Waals surface area contributed by atoms with Crippen LogP contribution < -0.4 is 5.32 Å². The third-order valence-electron chi connectivity index (χ3n) is 5.73. The second-order valence-corrected chi connectivity index (χ2v) is 8.17. The molecule has 4 nitrogen and oxygen atoms in total. The monoisotopic (exact) mass is 432 g/mol. The summed E-state index contributed by atoms with van der Waals surface area (Å²) in [5.74, 6) is 0. The molecule has 0 saturated carbocycles. The molecule has 4 rings (SSSR count). The third kappa shape index (κ3) is 5.15. The lowest BCUT2D eigenvalue weighted by atomic mass is 9.82. The minimum atomic E-state index is -0.585. The molecule has 158 valence electrons. The number of hydrogen-bond acceptors (Lipinski definition) is 4. The molecule has 1 N–H and O–H groups in total. The van der Waals surface area contributed by atoms with E-state index in [-0.39, 0.29) is 6.10 Å². The van der Waals surface area contributed by atoms with Crippen LogP contribution in [0.3, 0.4) is 0 Å². The van der Waals surface area contributed by atoms with Crippen LogP contribution in [0.2, 0.25) is 5.02 Å². The summed E-state index contributed by atoms with van der Waals surface area (Å²) in [5, 5.41) is 13.2. The average Bonchev–Trinajstić information content (AvgIpc) is 2.83. The first kappa shape index (κ1) is 21.5. The second-order valence-electron chi connectivity index (χ2n) is 7.73. The van der Waals surface area contributed by atoms with E-state index in [9.17, 15) is 0 Å². The van der Waals surface area contributed by atoms with Gasteiger partial charge in [-0.05, 0) is 53.9 Å². The zero-order valence-corrected chi connectivity index (χ0v) is 18.0. The quantitative estimate of drug-likeness (QED) is 0.557. The molecular weight excluding hydrogens is 408 g/mol. The van der Waals surface area contributed by atoms with Crippen molar-refractivity contribution in [2.24, 2.45) is 0 Å². The molecule has 1 heterocycles. The van der Waals surface area contributed by atoms with Crippen LogP contribution in [-0.2, 0) is 28.3 Å². The van der Waals surface area contributed by atoms with Crippen LogP contribution in [0.5, 0.6) is 0 Å². The first-order valence-electron chi connectivity index (χ1n) is 10.4. The molecule has 1 aliphatic rings. The van der Waals surface area contributed by atoms with Gasteiger partial charge in [0.2, 0.25) is 0 Å². The van der Waals surface area contributed by atoms with Crippen molar-refractivity contribution in [3.05, 3.63) is 106 Å².